The first-order valence-electron chi connectivity index (χ1n) is 7.17. The smallest absolute Gasteiger partial charge is 0.233 e. The van der Waals surface area contributed by atoms with Crippen LogP contribution in [0.2, 0.25) is 0 Å². The minimum atomic E-state index is 0.0836. The van der Waals surface area contributed by atoms with Crippen LogP contribution >= 0.6 is 0 Å². The van der Waals surface area contributed by atoms with Crippen molar-refractivity contribution >= 4 is 0 Å². The zero-order valence-electron chi connectivity index (χ0n) is 11.6. The summed E-state index contributed by atoms with van der Waals surface area (Å²) >= 11 is 0. The van der Waals surface area contributed by atoms with Gasteiger partial charge in [0, 0.05) is 6.07 Å². The number of ether oxygens (including phenoxy) is 1. The molecule has 5 heteroatoms. The molecule has 106 valence electrons. The SMILES string of the molecule is COc1ccc(C(CCC2CCCCC2)NN)nn1. The van der Waals surface area contributed by atoms with Crippen LogP contribution in [0.5, 0.6) is 5.88 Å². The monoisotopic (exact) mass is 264 g/mol. The van der Waals surface area contributed by atoms with Gasteiger partial charge < -0.3 is 4.74 Å². The normalized spacial score (nSPS) is 18.2. The van der Waals surface area contributed by atoms with Gasteiger partial charge in [-0.1, -0.05) is 32.1 Å². The third kappa shape index (κ3) is 4.14. The van der Waals surface area contributed by atoms with E-state index in [0.717, 1.165) is 18.0 Å². The van der Waals surface area contributed by atoms with Gasteiger partial charge in [0.15, 0.2) is 0 Å². The Kier molecular flexibility index (Phi) is 5.54. The first-order chi connectivity index (χ1) is 9.33. The molecule has 1 unspecified atom stereocenters. The summed E-state index contributed by atoms with van der Waals surface area (Å²) in [5.74, 6) is 7.03. The zero-order chi connectivity index (χ0) is 13.5. The van der Waals surface area contributed by atoms with Crippen molar-refractivity contribution < 1.29 is 4.74 Å². The number of aromatic nitrogens is 2. The molecule has 1 aliphatic rings. The molecule has 0 amide bonds. The minimum Gasteiger partial charge on any atom is -0.480 e. The highest BCUT2D eigenvalue weighted by molar-refractivity contribution is 5.13. The second kappa shape index (κ2) is 7.40. The number of methoxy groups -OCH3 is 1. The fraction of sp³-hybridized carbons (Fsp3) is 0.714. The largest absolute Gasteiger partial charge is 0.480 e. The van der Waals surface area contributed by atoms with Gasteiger partial charge in [-0.25, -0.2) is 0 Å². The number of nitrogens with zero attached hydrogens (tertiary/aromatic N) is 2. The number of nitrogens with one attached hydrogen (secondary N) is 1. The maximum atomic E-state index is 5.64. The molecule has 0 bridgehead atoms. The predicted molar refractivity (Wildman–Crippen MR) is 74.5 cm³/mol. The van der Waals surface area contributed by atoms with E-state index in [1.807, 2.05) is 12.1 Å². The Hall–Kier alpha value is -1.20. The molecule has 1 atom stereocenters. The van der Waals surface area contributed by atoms with Gasteiger partial charge in [0.05, 0.1) is 18.8 Å². The van der Waals surface area contributed by atoms with Crippen molar-refractivity contribution in [3.8, 4) is 5.88 Å². The Bertz CT molecular complexity index is 362. The molecule has 19 heavy (non-hydrogen) atoms. The fourth-order valence-electron chi connectivity index (χ4n) is 2.82. The lowest BCUT2D eigenvalue weighted by atomic mass is 9.85. The molecular weight excluding hydrogens is 240 g/mol. The summed E-state index contributed by atoms with van der Waals surface area (Å²) in [5, 5.41) is 8.16. The second-order valence-electron chi connectivity index (χ2n) is 5.30. The maximum Gasteiger partial charge on any atom is 0.233 e. The lowest BCUT2D eigenvalue weighted by molar-refractivity contribution is 0.312. The van der Waals surface area contributed by atoms with Gasteiger partial charge >= 0.3 is 0 Å². The van der Waals surface area contributed by atoms with Gasteiger partial charge in [-0.15, -0.1) is 5.10 Å². The van der Waals surface area contributed by atoms with Gasteiger partial charge in [-0.2, -0.15) is 5.10 Å². The van der Waals surface area contributed by atoms with Gasteiger partial charge in [0.25, 0.3) is 0 Å². The molecule has 0 radical (unpaired) electrons. The average molecular weight is 264 g/mol. The molecule has 1 saturated carbocycles. The molecule has 3 N–H and O–H groups in total. The molecular formula is C14H24N4O. The van der Waals surface area contributed by atoms with Gasteiger partial charge in [-0.05, 0) is 24.8 Å². The van der Waals surface area contributed by atoms with Crippen LogP contribution in [0, 0.1) is 5.92 Å². The van der Waals surface area contributed by atoms with E-state index >= 15 is 0 Å². The van der Waals surface area contributed by atoms with Crippen molar-refractivity contribution in [2.45, 2.75) is 51.0 Å². The molecule has 0 aliphatic heterocycles. The van der Waals surface area contributed by atoms with E-state index in [4.69, 9.17) is 10.6 Å². The Labute approximate surface area is 114 Å². The molecule has 5 nitrogen and oxygen atoms in total. The highest BCUT2D eigenvalue weighted by Crippen LogP contribution is 2.29. The Morgan fingerprint density at radius 2 is 2.11 bits per heavy atom. The Morgan fingerprint density at radius 3 is 2.68 bits per heavy atom. The van der Waals surface area contributed by atoms with Crippen LogP contribution < -0.4 is 16.0 Å². The van der Waals surface area contributed by atoms with Crippen LogP contribution in [-0.4, -0.2) is 17.3 Å². The van der Waals surface area contributed by atoms with Crippen molar-refractivity contribution in [2.75, 3.05) is 7.11 Å². The van der Waals surface area contributed by atoms with Crippen LogP contribution in [-0.2, 0) is 0 Å². The van der Waals surface area contributed by atoms with E-state index in [1.54, 1.807) is 7.11 Å². The van der Waals surface area contributed by atoms with E-state index in [9.17, 15) is 0 Å². The van der Waals surface area contributed by atoms with Crippen LogP contribution in [0.25, 0.3) is 0 Å². The lowest BCUT2D eigenvalue weighted by Gasteiger charge is -2.23. The molecule has 0 spiro atoms. The number of hydrogen-bond acceptors (Lipinski definition) is 5. The number of rotatable bonds is 6. The predicted octanol–water partition coefficient (Wildman–Crippen LogP) is 2.35. The quantitative estimate of drug-likeness (QED) is 0.609. The molecule has 0 saturated heterocycles. The summed E-state index contributed by atoms with van der Waals surface area (Å²) in [4.78, 5) is 0. The highest BCUT2D eigenvalue weighted by atomic mass is 16.5. The second-order valence-corrected chi connectivity index (χ2v) is 5.30. The summed E-state index contributed by atoms with van der Waals surface area (Å²) < 4.78 is 5.01. The summed E-state index contributed by atoms with van der Waals surface area (Å²) in [6, 6.07) is 3.84. The van der Waals surface area contributed by atoms with E-state index < -0.39 is 0 Å². The fourth-order valence-corrected chi connectivity index (χ4v) is 2.82. The van der Waals surface area contributed by atoms with Crippen LogP contribution in [0.15, 0.2) is 12.1 Å². The first-order valence-corrected chi connectivity index (χ1v) is 7.17. The zero-order valence-corrected chi connectivity index (χ0v) is 11.6. The number of hydrazine groups is 1. The van der Waals surface area contributed by atoms with Crippen molar-refractivity contribution in [1.82, 2.24) is 15.6 Å². The van der Waals surface area contributed by atoms with Crippen LogP contribution in [0.4, 0.5) is 0 Å². The molecule has 0 aromatic carbocycles. The topological polar surface area (TPSA) is 73.1 Å². The van der Waals surface area contributed by atoms with Crippen molar-refractivity contribution in [1.29, 1.82) is 0 Å². The molecule has 1 heterocycles. The molecule has 1 aliphatic carbocycles. The van der Waals surface area contributed by atoms with E-state index in [2.05, 4.69) is 15.6 Å². The number of nitrogens with two attached hydrogens (primary N) is 1. The van der Waals surface area contributed by atoms with Crippen LogP contribution in [0.1, 0.15) is 56.7 Å². The first kappa shape index (κ1) is 14.2. The van der Waals surface area contributed by atoms with Crippen LogP contribution in [0.3, 0.4) is 0 Å². The third-order valence-corrected chi connectivity index (χ3v) is 4.02. The van der Waals surface area contributed by atoms with E-state index in [1.165, 1.54) is 38.5 Å². The maximum absolute atomic E-state index is 5.64. The highest BCUT2D eigenvalue weighted by Gasteiger charge is 2.17. The van der Waals surface area contributed by atoms with Gasteiger partial charge in [0.2, 0.25) is 5.88 Å². The van der Waals surface area contributed by atoms with Crippen molar-refractivity contribution in [3.05, 3.63) is 17.8 Å². The molecule has 2 rings (SSSR count). The lowest BCUT2D eigenvalue weighted by Crippen LogP contribution is -2.29. The summed E-state index contributed by atoms with van der Waals surface area (Å²) in [6.07, 6.45) is 9.13. The van der Waals surface area contributed by atoms with Crippen molar-refractivity contribution in [3.63, 3.8) is 0 Å². The minimum absolute atomic E-state index is 0.0836. The summed E-state index contributed by atoms with van der Waals surface area (Å²) in [7, 11) is 1.59. The molecule has 1 fully saturated rings. The van der Waals surface area contributed by atoms with E-state index in [-0.39, 0.29) is 6.04 Å². The standard InChI is InChI=1S/C14H24N4O/c1-19-14-10-9-13(17-18-14)12(16-15)8-7-11-5-3-2-4-6-11/h9-12,16H,2-8,15H2,1H3. The van der Waals surface area contributed by atoms with E-state index in [0.29, 0.717) is 5.88 Å². The Balaban J connectivity index is 1.87. The third-order valence-electron chi connectivity index (χ3n) is 4.02. The van der Waals surface area contributed by atoms with Crippen molar-refractivity contribution in [2.24, 2.45) is 11.8 Å². The average Bonchev–Trinajstić information content (AvgIpc) is 2.49. The number of hydrogen-bond donors (Lipinski definition) is 2. The summed E-state index contributed by atoms with van der Waals surface area (Å²) in [6.45, 7) is 0. The molecule has 1 aromatic heterocycles. The summed E-state index contributed by atoms with van der Waals surface area (Å²) in [5.41, 5.74) is 3.74. The Morgan fingerprint density at radius 1 is 1.32 bits per heavy atom. The van der Waals surface area contributed by atoms with Gasteiger partial charge in [0.1, 0.15) is 0 Å². The van der Waals surface area contributed by atoms with Gasteiger partial charge in [-0.3, -0.25) is 11.3 Å². The molecule has 1 aromatic rings.